The number of benzene rings is 1. The summed E-state index contributed by atoms with van der Waals surface area (Å²) in [5, 5.41) is 17.1. The van der Waals surface area contributed by atoms with Gasteiger partial charge in [0.25, 0.3) is 11.5 Å². The maximum atomic E-state index is 14.0. The van der Waals surface area contributed by atoms with Gasteiger partial charge in [-0.3, -0.25) is 29.2 Å². The Labute approximate surface area is 386 Å². The SMILES string of the molecule is C=CC(=O)Nc1cc(Nc2nc(-c3ccnc(N4CCn5c(cc6c5CC(C)(C)C6)C4=O)c3CO)cn(C)c2=O)ccc1N1CCN(C2CCN(c3ccc(C(C)(C)N)nc3)CC2)CC1C. The Bertz CT molecular complexity index is 2740. The number of fused-ring (bicyclic) bond motifs is 3. The second-order valence-electron chi connectivity index (χ2n) is 19.8. The number of nitrogens with one attached hydrogen (secondary N) is 2. The molecule has 1 aliphatic carbocycles. The highest BCUT2D eigenvalue weighted by Crippen LogP contribution is 2.40. The van der Waals surface area contributed by atoms with Crippen LogP contribution in [0, 0.1) is 5.41 Å². The van der Waals surface area contributed by atoms with Crippen molar-refractivity contribution in [3.05, 3.63) is 112 Å². The van der Waals surface area contributed by atoms with E-state index in [9.17, 15) is 19.5 Å². The summed E-state index contributed by atoms with van der Waals surface area (Å²) in [4.78, 5) is 63.6. The van der Waals surface area contributed by atoms with Gasteiger partial charge in [0.15, 0.2) is 5.82 Å². The number of carbonyl (C=O) groups excluding carboxylic acids is 2. The van der Waals surface area contributed by atoms with Crippen molar-refractivity contribution in [3.63, 3.8) is 0 Å². The van der Waals surface area contributed by atoms with Gasteiger partial charge in [-0.25, -0.2) is 9.97 Å². The molecule has 1 aromatic carbocycles. The number of rotatable bonds is 11. The molecule has 2 saturated heterocycles. The molecule has 346 valence electrons. The van der Waals surface area contributed by atoms with Gasteiger partial charge >= 0.3 is 0 Å². The number of aromatic nitrogens is 5. The van der Waals surface area contributed by atoms with Gasteiger partial charge in [-0.15, -0.1) is 0 Å². The quantitative estimate of drug-likeness (QED) is 0.122. The molecule has 5 aromatic rings. The average Bonchev–Trinajstić information content (AvgIpc) is 3.79. The van der Waals surface area contributed by atoms with Crippen LogP contribution >= 0.6 is 0 Å². The zero-order valence-electron chi connectivity index (χ0n) is 39.0. The van der Waals surface area contributed by atoms with E-state index in [1.807, 2.05) is 50.4 Å². The van der Waals surface area contributed by atoms with Crippen LogP contribution in [0.1, 0.15) is 80.5 Å². The number of aryl methyl sites for hydroxylation is 1. The molecule has 5 N–H and O–H groups in total. The van der Waals surface area contributed by atoms with Crippen LogP contribution in [0.15, 0.2) is 78.5 Å². The minimum Gasteiger partial charge on any atom is -0.392 e. The third kappa shape index (κ3) is 8.60. The Morgan fingerprint density at radius 3 is 2.50 bits per heavy atom. The molecule has 0 spiro atoms. The van der Waals surface area contributed by atoms with Crippen LogP contribution in [0.25, 0.3) is 11.3 Å². The molecule has 2 fully saturated rings. The highest BCUT2D eigenvalue weighted by molar-refractivity contribution is 6.06. The Balaban J connectivity index is 0.914. The van der Waals surface area contributed by atoms with E-state index in [1.54, 1.807) is 30.4 Å². The summed E-state index contributed by atoms with van der Waals surface area (Å²) in [6, 6.07) is 14.2. The maximum absolute atomic E-state index is 14.0. The van der Waals surface area contributed by atoms with Crippen LogP contribution in [0.5, 0.6) is 0 Å². The van der Waals surface area contributed by atoms with E-state index in [0.29, 0.717) is 58.8 Å². The third-order valence-electron chi connectivity index (χ3n) is 13.8. The molecular weight excluding hydrogens is 833 g/mol. The van der Waals surface area contributed by atoms with Gasteiger partial charge in [0.2, 0.25) is 5.91 Å². The predicted octanol–water partition coefficient (Wildman–Crippen LogP) is 5.56. The van der Waals surface area contributed by atoms with Crippen molar-refractivity contribution in [2.24, 2.45) is 18.2 Å². The van der Waals surface area contributed by atoms with Crippen LogP contribution in [0.3, 0.4) is 0 Å². The fourth-order valence-corrected chi connectivity index (χ4v) is 10.4. The van der Waals surface area contributed by atoms with Gasteiger partial charge in [-0.05, 0) is 106 Å². The predicted molar refractivity (Wildman–Crippen MR) is 260 cm³/mol. The molecule has 9 rings (SSSR count). The summed E-state index contributed by atoms with van der Waals surface area (Å²) in [5.41, 5.74) is 14.1. The van der Waals surface area contributed by atoms with Crippen LogP contribution in [0.4, 0.5) is 34.4 Å². The van der Waals surface area contributed by atoms with E-state index in [-0.39, 0.29) is 34.6 Å². The lowest BCUT2D eigenvalue weighted by atomic mass is 9.90. The molecule has 1 atom stereocenters. The minimum atomic E-state index is -0.474. The van der Waals surface area contributed by atoms with Crippen molar-refractivity contribution < 1.29 is 14.7 Å². The average molecular weight is 895 g/mol. The number of nitrogens with two attached hydrogens (primary N) is 1. The number of piperidine rings is 1. The molecule has 2 amide bonds. The second-order valence-corrected chi connectivity index (χ2v) is 19.8. The molecule has 4 aromatic heterocycles. The summed E-state index contributed by atoms with van der Waals surface area (Å²) in [6.07, 6.45) is 10.4. The Morgan fingerprint density at radius 1 is 1.02 bits per heavy atom. The number of piperazine rings is 1. The fraction of sp³-hybridized carbons (Fsp3) is 0.440. The van der Waals surface area contributed by atoms with E-state index >= 15 is 0 Å². The number of hydrogen-bond donors (Lipinski definition) is 4. The van der Waals surface area contributed by atoms with Crippen molar-refractivity contribution in [3.8, 4) is 11.3 Å². The molecule has 0 saturated carbocycles. The summed E-state index contributed by atoms with van der Waals surface area (Å²) in [6.45, 7) is 19.4. The minimum absolute atomic E-state index is 0.0520. The van der Waals surface area contributed by atoms with Gasteiger partial charge in [0.05, 0.1) is 46.8 Å². The molecule has 7 heterocycles. The molecule has 0 radical (unpaired) electrons. The number of amides is 2. The summed E-state index contributed by atoms with van der Waals surface area (Å²) >= 11 is 0. The Morgan fingerprint density at radius 2 is 1.80 bits per heavy atom. The molecular formula is C50H62N12O4. The fourth-order valence-electron chi connectivity index (χ4n) is 10.4. The first kappa shape index (κ1) is 44.8. The number of pyridine rings is 2. The molecule has 1 unspecified atom stereocenters. The molecule has 66 heavy (non-hydrogen) atoms. The van der Waals surface area contributed by atoms with E-state index < -0.39 is 12.1 Å². The highest BCUT2D eigenvalue weighted by atomic mass is 16.3. The van der Waals surface area contributed by atoms with E-state index in [4.69, 9.17) is 10.7 Å². The second kappa shape index (κ2) is 17.5. The topological polar surface area (TPSA) is 183 Å². The number of aliphatic hydroxyl groups excluding tert-OH is 1. The zero-order valence-corrected chi connectivity index (χ0v) is 39.0. The first-order valence-corrected chi connectivity index (χ1v) is 23.1. The number of aliphatic hydroxyl groups is 1. The smallest absolute Gasteiger partial charge is 0.293 e. The number of anilines is 6. The monoisotopic (exact) mass is 895 g/mol. The van der Waals surface area contributed by atoms with Crippen molar-refractivity contribution >= 4 is 46.2 Å². The van der Waals surface area contributed by atoms with E-state index in [1.165, 1.54) is 21.9 Å². The summed E-state index contributed by atoms with van der Waals surface area (Å²) in [7, 11) is 1.64. The number of carbonyl (C=O) groups is 2. The van der Waals surface area contributed by atoms with Crippen molar-refractivity contribution in [2.45, 2.75) is 91.1 Å². The van der Waals surface area contributed by atoms with Gasteiger partial charge in [-0.2, -0.15) is 0 Å². The van der Waals surface area contributed by atoms with Gasteiger partial charge in [-0.1, -0.05) is 20.4 Å². The number of hydrogen-bond acceptors (Lipinski definition) is 12. The molecule has 16 nitrogen and oxygen atoms in total. The zero-order chi connectivity index (χ0) is 46.7. The molecule has 4 aliphatic rings. The Kier molecular flexibility index (Phi) is 11.9. The third-order valence-corrected chi connectivity index (χ3v) is 13.8. The molecule has 16 heteroatoms. The largest absolute Gasteiger partial charge is 0.392 e. The summed E-state index contributed by atoms with van der Waals surface area (Å²) in [5.74, 6) is -0.0927. The lowest BCUT2D eigenvalue weighted by molar-refractivity contribution is -0.111. The van der Waals surface area contributed by atoms with Gasteiger partial charge in [0.1, 0.15) is 11.5 Å². The van der Waals surface area contributed by atoms with Crippen LogP contribution < -0.4 is 36.6 Å². The van der Waals surface area contributed by atoms with Crippen LogP contribution in [0.2, 0.25) is 0 Å². The Hall–Kier alpha value is -6.36. The van der Waals surface area contributed by atoms with E-state index in [0.717, 1.165) is 75.5 Å². The molecule has 3 aliphatic heterocycles. The van der Waals surface area contributed by atoms with Gasteiger partial charge in [0, 0.05) is 99.8 Å². The van der Waals surface area contributed by atoms with Crippen molar-refractivity contribution in [2.75, 3.05) is 64.6 Å². The first-order valence-electron chi connectivity index (χ1n) is 23.1. The van der Waals surface area contributed by atoms with Crippen LogP contribution in [-0.4, -0.2) is 97.3 Å². The van der Waals surface area contributed by atoms with E-state index in [2.05, 4.69) is 73.3 Å². The lowest BCUT2D eigenvalue weighted by Crippen LogP contribution is -2.57. The van der Waals surface area contributed by atoms with Gasteiger partial charge < -0.3 is 40.4 Å². The van der Waals surface area contributed by atoms with Crippen LogP contribution in [-0.2, 0) is 43.4 Å². The van der Waals surface area contributed by atoms with Crippen molar-refractivity contribution in [1.29, 1.82) is 0 Å². The number of nitrogens with zero attached hydrogens (tertiary/aromatic N) is 9. The van der Waals surface area contributed by atoms with Crippen molar-refractivity contribution in [1.82, 2.24) is 29.0 Å². The normalized spacial score (nSPS) is 18.9. The highest BCUT2D eigenvalue weighted by Gasteiger charge is 2.38. The summed E-state index contributed by atoms with van der Waals surface area (Å²) < 4.78 is 3.58. The first-order chi connectivity index (χ1) is 31.5. The molecule has 0 bridgehead atoms. The maximum Gasteiger partial charge on any atom is 0.293 e. The standard InChI is InChI=1S/C50H62N12O4/c1-8-44(64)55-38-24-33(9-11-40(38)60-20-19-59(28-31(60)2)34-14-17-58(18-15-34)35-10-12-43(53-27-35)50(5,6)51)54-45-48(66)57(7)29-39(56-45)36-13-16-52-46(37(36)30-63)62-22-21-61-41(47(62)65)23-32-25-49(3,4)26-42(32)61/h8-13,16,23-24,27,29,31,34,63H,1,14-15,17-22,25-26,28,30,51H2,2-7H3,(H,54,56)(H,55,64). The lowest BCUT2D eigenvalue weighted by Gasteiger charge is -2.47.